The van der Waals surface area contributed by atoms with Crippen molar-refractivity contribution in [2.45, 2.75) is 49.3 Å². The highest BCUT2D eigenvalue weighted by Crippen LogP contribution is 2.22. The van der Waals surface area contributed by atoms with Gasteiger partial charge in [0.05, 0.1) is 11.0 Å². The first kappa shape index (κ1) is 15.0. The van der Waals surface area contributed by atoms with Crippen LogP contribution in [0.3, 0.4) is 0 Å². The summed E-state index contributed by atoms with van der Waals surface area (Å²) in [5, 5.41) is 12.9. The van der Waals surface area contributed by atoms with Gasteiger partial charge in [0.15, 0.2) is 0 Å². The lowest BCUT2D eigenvalue weighted by Crippen LogP contribution is -2.39. The fraction of sp³-hybridized carbons (Fsp3) is 0.600. The summed E-state index contributed by atoms with van der Waals surface area (Å²) in [5.41, 5.74) is 1.11. The van der Waals surface area contributed by atoms with E-state index in [0.717, 1.165) is 12.1 Å². The molecule has 116 valence electrons. The number of hydrogen-bond acceptors (Lipinski definition) is 4. The van der Waals surface area contributed by atoms with Crippen molar-refractivity contribution < 1.29 is 13.5 Å². The second-order valence-corrected chi connectivity index (χ2v) is 7.87. The van der Waals surface area contributed by atoms with E-state index in [1.807, 2.05) is 12.1 Å². The third-order valence-corrected chi connectivity index (χ3v) is 6.07. The van der Waals surface area contributed by atoms with E-state index < -0.39 is 10.0 Å². The van der Waals surface area contributed by atoms with E-state index in [1.165, 1.54) is 17.1 Å². The number of rotatable bonds is 5. The Bertz CT molecular complexity index is 573. The van der Waals surface area contributed by atoms with Gasteiger partial charge in [0, 0.05) is 25.7 Å². The van der Waals surface area contributed by atoms with Gasteiger partial charge >= 0.3 is 0 Å². The number of nitrogens with one attached hydrogen (secondary N) is 1. The standard InChI is InChI=1S/C15H22N2O3S/c18-14-7-9-17(10-8-14)21(19,20)15-5-1-12(2-6-15)11-16-13-3-4-13/h1-2,5-6,13-14,16,18H,3-4,7-11H2. The monoisotopic (exact) mass is 310 g/mol. The predicted octanol–water partition coefficient (Wildman–Crippen LogP) is 1.08. The Kier molecular flexibility index (Phi) is 4.31. The van der Waals surface area contributed by atoms with Gasteiger partial charge in [0.25, 0.3) is 0 Å². The molecule has 3 rings (SSSR count). The molecular formula is C15H22N2O3S. The smallest absolute Gasteiger partial charge is 0.243 e. The molecule has 0 bridgehead atoms. The van der Waals surface area contributed by atoms with Crippen LogP contribution in [0.15, 0.2) is 29.2 Å². The summed E-state index contributed by atoms with van der Waals surface area (Å²) in [6.07, 6.45) is 3.15. The molecule has 0 radical (unpaired) electrons. The van der Waals surface area contributed by atoms with Crippen molar-refractivity contribution >= 4 is 10.0 Å². The van der Waals surface area contributed by atoms with Crippen molar-refractivity contribution in [1.29, 1.82) is 0 Å². The third-order valence-electron chi connectivity index (χ3n) is 4.16. The number of aliphatic hydroxyl groups excluding tert-OH is 1. The molecule has 5 nitrogen and oxygen atoms in total. The van der Waals surface area contributed by atoms with Crippen LogP contribution in [0.25, 0.3) is 0 Å². The predicted molar refractivity (Wildman–Crippen MR) is 80.3 cm³/mol. The average Bonchev–Trinajstić information content (AvgIpc) is 3.30. The average molecular weight is 310 g/mol. The highest BCUT2D eigenvalue weighted by molar-refractivity contribution is 7.89. The molecule has 2 N–H and O–H groups in total. The lowest BCUT2D eigenvalue weighted by Gasteiger charge is -2.28. The maximum atomic E-state index is 12.5. The van der Waals surface area contributed by atoms with Crippen LogP contribution in [0.2, 0.25) is 0 Å². The van der Waals surface area contributed by atoms with Crippen LogP contribution in [-0.2, 0) is 16.6 Å². The maximum absolute atomic E-state index is 12.5. The van der Waals surface area contributed by atoms with Crippen LogP contribution in [0.5, 0.6) is 0 Å². The van der Waals surface area contributed by atoms with Gasteiger partial charge in [-0.25, -0.2) is 8.42 Å². The normalized spacial score (nSPS) is 21.6. The SMILES string of the molecule is O=S(=O)(c1ccc(CNC2CC2)cc1)N1CCC(O)CC1. The first-order valence-corrected chi connectivity index (χ1v) is 9.00. The van der Waals surface area contributed by atoms with E-state index in [-0.39, 0.29) is 6.10 Å². The molecule has 1 saturated heterocycles. The van der Waals surface area contributed by atoms with Gasteiger partial charge in [0.1, 0.15) is 0 Å². The number of hydrogen-bond donors (Lipinski definition) is 2. The molecule has 2 fully saturated rings. The summed E-state index contributed by atoms with van der Waals surface area (Å²) >= 11 is 0. The van der Waals surface area contributed by atoms with Gasteiger partial charge in [-0.1, -0.05) is 12.1 Å². The van der Waals surface area contributed by atoms with Gasteiger partial charge in [-0.15, -0.1) is 0 Å². The van der Waals surface area contributed by atoms with E-state index >= 15 is 0 Å². The van der Waals surface area contributed by atoms with E-state index in [4.69, 9.17) is 0 Å². The second-order valence-electron chi connectivity index (χ2n) is 5.93. The van der Waals surface area contributed by atoms with Gasteiger partial charge in [-0.3, -0.25) is 0 Å². The molecule has 1 aromatic carbocycles. The van der Waals surface area contributed by atoms with Crippen LogP contribution in [-0.4, -0.2) is 43.1 Å². The van der Waals surface area contributed by atoms with Crippen LogP contribution in [0.1, 0.15) is 31.2 Å². The molecule has 0 atom stereocenters. The summed E-state index contributed by atoms with van der Waals surface area (Å²) in [7, 11) is -3.42. The number of piperidine rings is 1. The molecule has 0 spiro atoms. The summed E-state index contributed by atoms with van der Waals surface area (Å²) < 4.78 is 26.5. The zero-order valence-corrected chi connectivity index (χ0v) is 12.8. The number of aliphatic hydroxyl groups is 1. The molecule has 0 unspecified atom stereocenters. The Balaban J connectivity index is 1.66. The minimum atomic E-state index is -3.42. The maximum Gasteiger partial charge on any atom is 0.243 e. The Morgan fingerprint density at radius 1 is 1.10 bits per heavy atom. The molecule has 1 aliphatic carbocycles. The van der Waals surface area contributed by atoms with Gasteiger partial charge in [-0.05, 0) is 43.4 Å². The molecule has 2 aliphatic rings. The van der Waals surface area contributed by atoms with Crippen molar-refractivity contribution in [2.75, 3.05) is 13.1 Å². The molecule has 21 heavy (non-hydrogen) atoms. The van der Waals surface area contributed by atoms with Crippen molar-refractivity contribution in [3.63, 3.8) is 0 Å². The number of benzene rings is 1. The number of sulfonamides is 1. The Morgan fingerprint density at radius 2 is 1.71 bits per heavy atom. The Labute approximate surface area is 126 Å². The fourth-order valence-corrected chi connectivity index (χ4v) is 4.03. The van der Waals surface area contributed by atoms with Crippen molar-refractivity contribution in [2.24, 2.45) is 0 Å². The minimum Gasteiger partial charge on any atom is -0.393 e. The summed E-state index contributed by atoms with van der Waals surface area (Å²) in [5.74, 6) is 0. The van der Waals surface area contributed by atoms with E-state index in [9.17, 15) is 13.5 Å². The van der Waals surface area contributed by atoms with E-state index in [2.05, 4.69) is 5.32 Å². The largest absolute Gasteiger partial charge is 0.393 e. The van der Waals surface area contributed by atoms with Crippen molar-refractivity contribution in [3.8, 4) is 0 Å². The van der Waals surface area contributed by atoms with Crippen LogP contribution >= 0.6 is 0 Å². The summed E-state index contributed by atoms with van der Waals surface area (Å²) in [6, 6.07) is 7.77. The summed E-state index contributed by atoms with van der Waals surface area (Å²) in [6.45, 7) is 1.59. The van der Waals surface area contributed by atoms with E-state index in [1.54, 1.807) is 12.1 Å². The molecule has 1 aromatic rings. The van der Waals surface area contributed by atoms with Gasteiger partial charge in [0.2, 0.25) is 10.0 Å². The van der Waals surface area contributed by atoms with E-state index in [0.29, 0.717) is 36.9 Å². The van der Waals surface area contributed by atoms with Gasteiger partial charge in [-0.2, -0.15) is 4.31 Å². The quantitative estimate of drug-likeness (QED) is 0.854. The molecule has 1 heterocycles. The summed E-state index contributed by atoms with van der Waals surface area (Å²) in [4.78, 5) is 0.342. The topological polar surface area (TPSA) is 69.6 Å². The van der Waals surface area contributed by atoms with Gasteiger partial charge < -0.3 is 10.4 Å². The van der Waals surface area contributed by atoms with Crippen molar-refractivity contribution in [3.05, 3.63) is 29.8 Å². The highest BCUT2D eigenvalue weighted by atomic mass is 32.2. The highest BCUT2D eigenvalue weighted by Gasteiger charge is 2.28. The molecule has 1 saturated carbocycles. The Morgan fingerprint density at radius 3 is 2.29 bits per heavy atom. The molecule has 0 amide bonds. The molecule has 0 aromatic heterocycles. The zero-order chi connectivity index (χ0) is 14.9. The lowest BCUT2D eigenvalue weighted by atomic mass is 10.1. The van der Waals surface area contributed by atoms with Crippen LogP contribution in [0.4, 0.5) is 0 Å². The lowest BCUT2D eigenvalue weighted by molar-refractivity contribution is 0.113. The Hall–Kier alpha value is -0.950. The molecule has 1 aliphatic heterocycles. The van der Waals surface area contributed by atoms with Crippen molar-refractivity contribution in [1.82, 2.24) is 9.62 Å². The third kappa shape index (κ3) is 3.63. The zero-order valence-electron chi connectivity index (χ0n) is 12.0. The fourth-order valence-electron chi connectivity index (χ4n) is 2.56. The van der Waals surface area contributed by atoms with Crippen LogP contribution in [0, 0.1) is 0 Å². The molecular weight excluding hydrogens is 288 g/mol. The first-order valence-electron chi connectivity index (χ1n) is 7.56. The number of nitrogens with zero attached hydrogens (tertiary/aromatic N) is 1. The first-order chi connectivity index (χ1) is 10.1. The second kappa shape index (κ2) is 6.04. The molecule has 6 heteroatoms. The minimum absolute atomic E-state index is 0.342. The van der Waals surface area contributed by atoms with Crippen LogP contribution < -0.4 is 5.32 Å².